The van der Waals surface area contributed by atoms with Crippen LogP contribution in [0.2, 0.25) is 0 Å². The van der Waals surface area contributed by atoms with Crippen LogP contribution in [-0.2, 0) is 9.47 Å². The van der Waals surface area contributed by atoms with Crippen LogP contribution in [-0.4, -0.2) is 75.8 Å². The Balaban J connectivity index is 4.06. The van der Waals surface area contributed by atoms with Crippen molar-refractivity contribution in [3.05, 3.63) is 0 Å². The first-order valence-electron chi connectivity index (χ1n) is 8.18. The van der Waals surface area contributed by atoms with Crippen LogP contribution in [0.4, 0.5) is 0 Å². The zero-order valence-corrected chi connectivity index (χ0v) is 14.5. The quantitative estimate of drug-likeness (QED) is 0.449. The summed E-state index contributed by atoms with van der Waals surface area (Å²) < 4.78 is 10.3. The maximum atomic E-state index is 9.58. The molecule has 0 heterocycles. The van der Waals surface area contributed by atoms with Crippen LogP contribution in [0.5, 0.6) is 0 Å². The van der Waals surface area contributed by atoms with Crippen LogP contribution in [0.25, 0.3) is 0 Å². The van der Waals surface area contributed by atoms with E-state index in [4.69, 9.17) is 9.47 Å². The van der Waals surface area contributed by atoms with Gasteiger partial charge in [0.05, 0.1) is 13.2 Å². The molecule has 0 bridgehead atoms. The number of aliphatic hydroxyl groups is 1. The monoisotopic (exact) mass is 304 g/mol. The highest BCUT2D eigenvalue weighted by molar-refractivity contribution is 4.82. The molecule has 0 saturated carbocycles. The lowest BCUT2D eigenvalue weighted by Crippen LogP contribution is -2.46. The second kappa shape index (κ2) is 13.5. The Morgan fingerprint density at radius 1 is 1.05 bits per heavy atom. The van der Waals surface area contributed by atoms with E-state index in [1.54, 1.807) is 14.2 Å². The number of hydrogen-bond donors (Lipinski definition) is 2. The van der Waals surface area contributed by atoms with E-state index in [1.165, 1.54) is 0 Å². The van der Waals surface area contributed by atoms with Gasteiger partial charge in [-0.2, -0.15) is 0 Å². The summed E-state index contributed by atoms with van der Waals surface area (Å²) in [5, 5.41) is 13.0. The molecule has 128 valence electrons. The molecule has 0 spiro atoms. The summed E-state index contributed by atoms with van der Waals surface area (Å²) in [6.07, 6.45) is 4.19. The van der Waals surface area contributed by atoms with Crippen molar-refractivity contribution in [3.63, 3.8) is 0 Å². The van der Waals surface area contributed by atoms with Gasteiger partial charge in [0.2, 0.25) is 0 Å². The fraction of sp³-hybridized carbons (Fsp3) is 1.00. The molecule has 0 fully saturated rings. The molecule has 1 atom stereocenters. The van der Waals surface area contributed by atoms with Gasteiger partial charge in [-0.15, -0.1) is 0 Å². The Morgan fingerprint density at radius 3 is 2.29 bits per heavy atom. The fourth-order valence-electron chi connectivity index (χ4n) is 2.33. The summed E-state index contributed by atoms with van der Waals surface area (Å²) in [4.78, 5) is 2.42. The minimum absolute atomic E-state index is 0.157. The van der Waals surface area contributed by atoms with Crippen molar-refractivity contribution in [3.8, 4) is 0 Å². The molecular formula is C16H36N2O3. The molecule has 0 aliphatic heterocycles. The minimum atomic E-state index is -0.157. The van der Waals surface area contributed by atoms with E-state index >= 15 is 0 Å². The topological polar surface area (TPSA) is 54.0 Å². The Bertz CT molecular complexity index is 230. The minimum Gasteiger partial charge on any atom is -0.394 e. The van der Waals surface area contributed by atoms with Crippen molar-refractivity contribution >= 4 is 0 Å². The van der Waals surface area contributed by atoms with E-state index in [0.29, 0.717) is 0 Å². The summed E-state index contributed by atoms with van der Waals surface area (Å²) in [7, 11) is 3.48. The van der Waals surface area contributed by atoms with Gasteiger partial charge in [0.15, 0.2) is 0 Å². The Labute approximate surface area is 131 Å². The molecule has 0 aromatic heterocycles. The van der Waals surface area contributed by atoms with Crippen LogP contribution in [0.1, 0.15) is 39.5 Å². The normalized spacial score (nSPS) is 14.6. The zero-order valence-electron chi connectivity index (χ0n) is 14.5. The Hall–Kier alpha value is -0.200. The van der Waals surface area contributed by atoms with Gasteiger partial charge < -0.3 is 24.8 Å². The van der Waals surface area contributed by atoms with Gasteiger partial charge in [-0.1, -0.05) is 6.92 Å². The van der Waals surface area contributed by atoms with Gasteiger partial charge in [0.25, 0.3) is 0 Å². The molecule has 0 rings (SSSR count). The number of rotatable bonds is 15. The number of hydrogen-bond acceptors (Lipinski definition) is 5. The van der Waals surface area contributed by atoms with E-state index < -0.39 is 0 Å². The van der Waals surface area contributed by atoms with Gasteiger partial charge >= 0.3 is 0 Å². The van der Waals surface area contributed by atoms with Crippen LogP contribution >= 0.6 is 0 Å². The number of methoxy groups -OCH3 is 2. The molecule has 5 nitrogen and oxygen atoms in total. The van der Waals surface area contributed by atoms with Crippen molar-refractivity contribution in [2.45, 2.75) is 45.1 Å². The van der Waals surface area contributed by atoms with Crippen LogP contribution in [0, 0.1) is 0 Å². The third-order valence-corrected chi connectivity index (χ3v) is 3.79. The lowest BCUT2D eigenvalue weighted by Gasteiger charge is -2.30. The number of nitrogens with zero attached hydrogens (tertiary/aromatic N) is 1. The van der Waals surface area contributed by atoms with E-state index in [0.717, 1.165) is 65.1 Å². The third kappa shape index (κ3) is 11.1. The van der Waals surface area contributed by atoms with Crippen LogP contribution < -0.4 is 5.32 Å². The molecule has 1 unspecified atom stereocenters. The van der Waals surface area contributed by atoms with E-state index in [9.17, 15) is 5.11 Å². The lowest BCUT2D eigenvalue weighted by atomic mass is 9.96. The maximum absolute atomic E-state index is 9.58. The first kappa shape index (κ1) is 20.8. The predicted octanol–water partition coefficient (Wildman–Crippen LogP) is 1.50. The number of aliphatic hydroxyl groups excluding tert-OH is 1. The molecule has 21 heavy (non-hydrogen) atoms. The predicted molar refractivity (Wildman–Crippen MR) is 87.8 cm³/mol. The summed E-state index contributed by atoms with van der Waals surface area (Å²) in [6, 6.07) is 0. The SMILES string of the molecule is CCCNC(C)(CO)CCCN(CCCOC)CCOC. The summed E-state index contributed by atoms with van der Waals surface area (Å²) in [6.45, 7) is 9.99. The van der Waals surface area contributed by atoms with Gasteiger partial charge in [-0.05, 0) is 45.7 Å². The number of nitrogens with one attached hydrogen (secondary N) is 1. The third-order valence-electron chi connectivity index (χ3n) is 3.79. The summed E-state index contributed by atoms with van der Waals surface area (Å²) in [5.74, 6) is 0. The lowest BCUT2D eigenvalue weighted by molar-refractivity contribution is 0.123. The van der Waals surface area contributed by atoms with Gasteiger partial charge in [0.1, 0.15) is 0 Å². The fourth-order valence-corrected chi connectivity index (χ4v) is 2.33. The van der Waals surface area contributed by atoms with E-state index in [-0.39, 0.29) is 12.1 Å². The first-order chi connectivity index (χ1) is 10.1. The highest BCUT2D eigenvalue weighted by Crippen LogP contribution is 2.12. The number of ether oxygens (including phenoxy) is 2. The maximum Gasteiger partial charge on any atom is 0.0610 e. The van der Waals surface area contributed by atoms with Crippen molar-refractivity contribution in [1.82, 2.24) is 10.2 Å². The molecular weight excluding hydrogens is 268 g/mol. The highest BCUT2D eigenvalue weighted by atomic mass is 16.5. The average Bonchev–Trinajstić information content (AvgIpc) is 2.50. The summed E-state index contributed by atoms with van der Waals surface area (Å²) in [5.41, 5.74) is -0.157. The molecule has 0 saturated heterocycles. The average molecular weight is 304 g/mol. The van der Waals surface area contributed by atoms with Crippen molar-refractivity contribution in [1.29, 1.82) is 0 Å². The molecule has 0 aliphatic carbocycles. The van der Waals surface area contributed by atoms with Gasteiger partial charge in [0, 0.05) is 39.5 Å². The highest BCUT2D eigenvalue weighted by Gasteiger charge is 2.21. The molecule has 0 aliphatic rings. The Kier molecular flexibility index (Phi) is 13.3. The molecule has 0 radical (unpaired) electrons. The van der Waals surface area contributed by atoms with Crippen LogP contribution in [0.15, 0.2) is 0 Å². The standard InChI is InChI=1S/C16H36N2O3/c1-5-9-17-16(2,15-19)8-6-10-18(12-14-21-4)11-7-13-20-3/h17,19H,5-15H2,1-4H3. The second-order valence-electron chi connectivity index (χ2n) is 5.93. The Morgan fingerprint density at radius 2 is 1.71 bits per heavy atom. The molecule has 0 amide bonds. The second-order valence-corrected chi connectivity index (χ2v) is 5.93. The molecule has 2 N–H and O–H groups in total. The van der Waals surface area contributed by atoms with Gasteiger partial charge in [-0.25, -0.2) is 0 Å². The van der Waals surface area contributed by atoms with Gasteiger partial charge in [-0.3, -0.25) is 0 Å². The van der Waals surface area contributed by atoms with Crippen LogP contribution in [0.3, 0.4) is 0 Å². The largest absolute Gasteiger partial charge is 0.394 e. The van der Waals surface area contributed by atoms with Crippen molar-refractivity contribution in [2.24, 2.45) is 0 Å². The zero-order chi connectivity index (χ0) is 16.0. The van der Waals surface area contributed by atoms with Crippen molar-refractivity contribution < 1.29 is 14.6 Å². The van der Waals surface area contributed by atoms with E-state index in [2.05, 4.69) is 24.1 Å². The van der Waals surface area contributed by atoms with Crippen molar-refractivity contribution in [2.75, 3.05) is 60.2 Å². The molecule has 0 aromatic carbocycles. The smallest absolute Gasteiger partial charge is 0.0610 e. The molecule has 0 aromatic rings. The first-order valence-corrected chi connectivity index (χ1v) is 8.18. The summed E-state index contributed by atoms with van der Waals surface area (Å²) >= 11 is 0. The molecule has 5 heteroatoms. The van der Waals surface area contributed by atoms with E-state index in [1.807, 2.05) is 0 Å².